The van der Waals surface area contributed by atoms with Gasteiger partial charge in [0.25, 0.3) is 0 Å². The Morgan fingerprint density at radius 1 is 1.26 bits per heavy atom. The third-order valence-electron chi connectivity index (χ3n) is 3.45. The average Bonchev–Trinajstić information content (AvgIpc) is 2.98. The summed E-state index contributed by atoms with van der Waals surface area (Å²) in [5.74, 6) is -0.835. The van der Waals surface area contributed by atoms with E-state index in [9.17, 15) is 9.59 Å². The molecule has 1 N–H and O–H groups in total. The van der Waals surface area contributed by atoms with Crippen LogP contribution in [-0.2, 0) is 4.74 Å². The molecule has 0 aliphatic heterocycles. The minimum atomic E-state index is -0.888. The van der Waals surface area contributed by atoms with E-state index >= 15 is 0 Å². The molecule has 0 spiro atoms. The van der Waals surface area contributed by atoms with Crippen LogP contribution in [0.3, 0.4) is 0 Å². The van der Waals surface area contributed by atoms with Gasteiger partial charge in [0.05, 0.1) is 5.56 Å². The Morgan fingerprint density at radius 3 is 2.83 bits per heavy atom. The van der Waals surface area contributed by atoms with E-state index in [0.717, 1.165) is 10.9 Å². The number of hydrogen-bond donors (Lipinski definition) is 1. The van der Waals surface area contributed by atoms with Crippen molar-refractivity contribution in [3.8, 4) is 0 Å². The number of aromatic nitrogens is 2. The van der Waals surface area contributed by atoms with Gasteiger partial charge in [-0.1, -0.05) is 18.2 Å². The number of halogens is 1. The summed E-state index contributed by atoms with van der Waals surface area (Å²) in [6.07, 6.45) is 3.71. The third kappa shape index (κ3) is 3.17. The molecule has 0 fully saturated rings. The summed E-state index contributed by atoms with van der Waals surface area (Å²) in [5.41, 5.74) is 1.66. The van der Waals surface area contributed by atoms with Gasteiger partial charge in [0.1, 0.15) is 0 Å². The van der Waals surface area contributed by atoms with E-state index in [2.05, 4.69) is 25.9 Å². The number of Topliss-reactive ketones (excluding diaryl/α,β-unsaturated/α-hetero) is 1. The number of aromatic amines is 1. The summed E-state index contributed by atoms with van der Waals surface area (Å²) in [6, 6.07) is 9.08. The van der Waals surface area contributed by atoms with Gasteiger partial charge in [-0.25, -0.2) is 4.79 Å². The highest BCUT2D eigenvalue weighted by molar-refractivity contribution is 9.10. The molecule has 0 saturated heterocycles. The van der Waals surface area contributed by atoms with Crippen LogP contribution in [0.1, 0.15) is 27.6 Å². The summed E-state index contributed by atoms with van der Waals surface area (Å²) < 4.78 is 5.93. The first-order valence-corrected chi connectivity index (χ1v) is 7.77. The maximum absolute atomic E-state index is 12.5. The molecule has 116 valence electrons. The molecular formula is C17H13BrN2O3. The van der Waals surface area contributed by atoms with Crippen LogP contribution in [0.2, 0.25) is 0 Å². The molecule has 3 rings (SSSR count). The zero-order valence-electron chi connectivity index (χ0n) is 12.2. The molecule has 3 aromatic rings. The fourth-order valence-corrected chi connectivity index (χ4v) is 2.66. The molecular weight excluding hydrogens is 360 g/mol. The van der Waals surface area contributed by atoms with Gasteiger partial charge in [0.15, 0.2) is 6.10 Å². The molecule has 0 bridgehead atoms. The first kappa shape index (κ1) is 15.4. The van der Waals surface area contributed by atoms with Crippen LogP contribution >= 0.6 is 15.9 Å². The van der Waals surface area contributed by atoms with Gasteiger partial charge < -0.3 is 9.72 Å². The van der Waals surface area contributed by atoms with Gasteiger partial charge in [0.2, 0.25) is 5.78 Å². The average molecular weight is 373 g/mol. The fraction of sp³-hybridized carbons (Fsp3) is 0.118. The highest BCUT2D eigenvalue weighted by Crippen LogP contribution is 2.20. The zero-order chi connectivity index (χ0) is 16.4. The minimum absolute atomic E-state index is 0.251. The molecule has 1 aromatic carbocycles. The summed E-state index contributed by atoms with van der Waals surface area (Å²) in [4.78, 5) is 31.6. The maximum Gasteiger partial charge on any atom is 0.340 e. The number of carbonyl (C=O) groups excluding carboxylic acids is 2. The number of fused-ring (bicyclic) bond motifs is 1. The Balaban J connectivity index is 1.79. The summed E-state index contributed by atoms with van der Waals surface area (Å²) >= 11 is 3.24. The molecule has 0 unspecified atom stereocenters. The number of ketones is 1. The number of nitrogens with one attached hydrogen (secondary N) is 1. The normalized spacial score (nSPS) is 12.1. The van der Waals surface area contributed by atoms with Crippen LogP contribution in [0, 0.1) is 0 Å². The third-order valence-corrected chi connectivity index (χ3v) is 3.88. The fourth-order valence-electron chi connectivity index (χ4n) is 2.30. The minimum Gasteiger partial charge on any atom is -0.451 e. The van der Waals surface area contributed by atoms with Crippen LogP contribution in [0.15, 0.2) is 53.4 Å². The summed E-state index contributed by atoms with van der Waals surface area (Å²) in [5, 5.41) is 0.810. The molecule has 23 heavy (non-hydrogen) atoms. The van der Waals surface area contributed by atoms with Crippen LogP contribution < -0.4 is 0 Å². The Kier molecular flexibility index (Phi) is 4.25. The van der Waals surface area contributed by atoms with E-state index in [4.69, 9.17) is 4.74 Å². The molecule has 0 radical (unpaired) electrons. The molecule has 0 aliphatic rings. The standard InChI is InChI=1S/C17H13BrN2O3/c1-10(23-17(22)11-6-12(18)8-19-7-11)16(21)14-9-20-15-5-3-2-4-13(14)15/h2-10,20H,1H3/t10-/m0/s1. The molecule has 0 saturated carbocycles. The van der Waals surface area contributed by atoms with E-state index in [0.29, 0.717) is 10.0 Å². The van der Waals surface area contributed by atoms with Crippen molar-refractivity contribution in [1.82, 2.24) is 9.97 Å². The number of rotatable bonds is 4. The lowest BCUT2D eigenvalue weighted by Crippen LogP contribution is -2.24. The Labute approximate surface area is 140 Å². The molecule has 0 aliphatic carbocycles. The molecule has 0 amide bonds. The molecule has 5 nitrogen and oxygen atoms in total. The predicted molar refractivity (Wildman–Crippen MR) is 89.4 cm³/mol. The quantitative estimate of drug-likeness (QED) is 0.559. The van der Waals surface area contributed by atoms with Gasteiger partial charge in [0, 0.05) is 39.5 Å². The number of carbonyl (C=O) groups is 2. The predicted octanol–water partition coefficient (Wildman–Crippen LogP) is 3.75. The van der Waals surface area contributed by atoms with E-state index < -0.39 is 12.1 Å². The molecule has 1 atom stereocenters. The summed E-state index contributed by atoms with van der Waals surface area (Å²) in [7, 11) is 0. The molecule has 2 aromatic heterocycles. The van der Waals surface area contributed by atoms with Crippen LogP contribution in [0.5, 0.6) is 0 Å². The first-order chi connectivity index (χ1) is 11.1. The van der Waals surface area contributed by atoms with Crippen molar-refractivity contribution in [2.75, 3.05) is 0 Å². The van der Waals surface area contributed by atoms with Gasteiger partial charge in [-0.05, 0) is 35.0 Å². The van der Waals surface area contributed by atoms with Crippen molar-refractivity contribution in [1.29, 1.82) is 0 Å². The second-order valence-corrected chi connectivity index (χ2v) is 5.97. The number of para-hydroxylation sites is 1. The lowest BCUT2D eigenvalue weighted by molar-refractivity contribution is 0.0319. The van der Waals surface area contributed by atoms with E-state index in [-0.39, 0.29) is 11.3 Å². The molecule has 2 heterocycles. The monoisotopic (exact) mass is 372 g/mol. The van der Waals surface area contributed by atoms with Crippen molar-refractivity contribution in [2.24, 2.45) is 0 Å². The van der Waals surface area contributed by atoms with Gasteiger partial charge in [-0.15, -0.1) is 0 Å². The second-order valence-electron chi connectivity index (χ2n) is 5.05. The maximum atomic E-state index is 12.5. The number of nitrogens with zero attached hydrogens (tertiary/aromatic N) is 1. The van der Waals surface area contributed by atoms with E-state index in [1.165, 1.54) is 6.20 Å². The topological polar surface area (TPSA) is 72.0 Å². The van der Waals surface area contributed by atoms with E-state index in [1.807, 2.05) is 24.3 Å². The number of benzene rings is 1. The largest absolute Gasteiger partial charge is 0.451 e. The number of ether oxygens (including phenoxy) is 1. The zero-order valence-corrected chi connectivity index (χ0v) is 13.8. The molecule has 6 heteroatoms. The van der Waals surface area contributed by atoms with Gasteiger partial charge >= 0.3 is 5.97 Å². The summed E-state index contributed by atoms with van der Waals surface area (Å²) in [6.45, 7) is 1.56. The van der Waals surface area contributed by atoms with Crippen molar-refractivity contribution in [3.63, 3.8) is 0 Å². The van der Waals surface area contributed by atoms with Crippen molar-refractivity contribution >= 4 is 38.6 Å². The van der Waals surface area contributed by atoms with E-state index in [1.54, 1.807) is 25.4 Å². The number of esters is 1. The van der Waals surface area contributed by atoms with Crippen molar-refractivity contribution in [2.45, 2.75) is 13.0 Å². The van der Waals surface area contributed by atoms with Gasteiger partial charge in [-0.2, -0.15) is 0 Å². The van der Waals surface area contributed by atoms with Crippen LogP contribution in [-0.4, -0.2) is 27.8 Å². The first-order valence-electron chi connectivity index (χ1n) is 6.98. The van der Waals surface area contributed by atoms with Crippen LogP contribution in [0.4, 0.5) is 0 Å². The Bertz CT molecular complexity index is 888. The Hall–Kier alpha value is -2.47. The second kappa shape index (κ2) is 6.34. The van der Waals surface area contributed by atoms with Crippen molar-refractivity contribution in [3.05, 3.63) is 64.5 Å². The Morgan fingerprint density at radius 2 is 2.04 bits per heavy atom. The highest BCUT2D eigenvalue weighted by Gasteiger charge is 2.23. The SMILES string of the molecule is C[C@H](OC(=O)c1cncc(Br)c1)C(=O)c1c[nH]c2ccccc12. The lowest BCUT2D eigenvalue weighted by atomic mass is 10.1. The number of pyridine rings is 1. The smallest absolute Gasteiger partial charge is 0.340 e. The number of H-pyrrole nitrogens is 1. The lowest BCUT2D eigenvalue weighted by Gasteiger charge is -2.12. The van der Waals surface area contributed by atoms with Crippen molar-refractivity contribution < 1.29 is 14.3 Å². The van der Waals surface area contributed by atoms with Gasteiger partial charge in [-0.3, -0.25) is 9.78 Å². The van der Waals surface area contributed by atoms with Crippen LogP contribution in [0.25, 0.3) is 10.9 Å². The highest BCUT2D eigenvalue weighted by atomic mass is 79.9. The number of hydrogen-bond acceptors (Lipinski definition) is 4.